The second-order valence-electron chi connectivity index (χ2n) is 13.8. The van der Waals surface area contributed by atoms with Gasteiger partial charge in [-0.3, -0.25) is 9.59 Å². The van der Waals surface area contributed by atoms with Crippen LogP contribution in [0.2, 0.25) is 0 Å². The number of likely N-dealkylation sites (tertiary alicyclic amines) is 2. The number of aldehydes is 1. The number of benzene rings is 4. The van der Waals surface area contributed by atoms with Crippen molar-refractivity contribution in [1.82, 2.24) is 9.80 Å². The second kappa shape index (κ2) is 18.6. The Hall–Kier alpha value is -2.38. The lowest BCUT2D eigenvalue weighted by Crippen LogP contribution is -2.39. The minimum Gasteiger partial charge on any atom is -0.303 e. The van der Waals surface area contributed by atoms with E-state index in [1.54, 1.807) is 0 Å². The maximum Gasteiger partial charge on any atom is 0.167 e. The van der Waals surface area contributed by atoms with Crippen molar-refractivity contribution < 1.29 is 9.59 Å². The molecule has 4 nitrogen and oxygen atoms in total. The normalized spacial score (nSPS) is 19.6. The number of rotatable bonds is 7. The SMILES string of the molecule is C1CCN(CC2CC2)CC1.CC.O=C(c1ccc2cc(Br)ccc2c1)C1CCCN(CC2CC2)C1.O=Cc1ccc2cc(Br)ccc2c1. The molecule has 2 saturated heterocycles. The predicted octanol–water partition coefficient (Wildman–Crippen LogP) is 11.2. The monoisotopic (exact) mass is 774 g/mol. The molecule has 8 rings (SSSR count). The van der Waals surface area contributed by atoms with Crippen LogP contribution in [0, 0.1) is 17.8 Å². The van der Waals surface area contributed by atoms with Crippen LogP contribution in [0.15, 0.2) is 81.7 Å². The summed E-state index contributed by atoms with van der Waals surface area (Å²) in [5.41, 5.74) is 1.59. The van der Waals surface area contributed by atoms with Gasteiger partial charge in [-0.05, 0) is 141 Å². The number of halogens is 2. The van der Waals surface area contributed by atoms with Gasteiger partial charge in [-0.1, -0.05) is 88.5 Å². The first-order chi connectivity index (χ1) is 23.4. The second-order valence-corrected chi connectivity index (χ2v) is 15.6. The standard InChI is InChI=1S/C20H22BrNO.C11H7BrO.C9H17N.C2H6/c21-19-8-7-15-10-17(6-5-16(15)11-19)20(23)18-2-1-9-22(13-18)12-14-3-4-14;12-11-4-3-9-5-8(7-13)1-2-10(9)6-11;1-2-6-10(7-3-1)8-9-4-5-9;1-2/h5-8,10-11,14,18H,1-4,9,12-13H2;1-7H;9H,1-8H2;1-2H3. The van der Waals surface area contributed by atoms with Crippen molar-refractivity contribution in [2.24, 2.45) is 17.8 Å². The highest BCUT2D eigenvalue weighted by Gasteiger charge is 2.30. The summed E-state index contributed by atoms with van der Waals surface area (Å²) in [5, 5.41) is 4.55. The predicted molar refractivity (Wildman–Crippen MR) is 209 cm³/mol. The summed E-state index contributed by atoms with van der Waals surface area (Å²) in [4.78, 5) is 28.6. The Labute approximate surface area is 304 Å². The van der Waals surface area contributed by atoms with E-state index in [1.165, 1.54) is 83.1 Å². The van der Waals surface area contributed by atoms with Crippen LogP contribution < -0.4 is 0 Å². The molecule has 0 bridgehead atoms. The molecule has 2 heterocycles. The van der Waals surface area contributed by atoms with Gasteiger partial charge >= 0.3 is 0 Å². The van der Waals surface area contributed by atoms with E-state index in [1.807, 2.05) is 62.4 Å². The summed E-state index contributed by atoms with van der Waals surface area (Å²) in [7, 11) is 0. The van der Waals surface area contributed by atoms with Crippen LogP contribution in [0.3, 0.4) is 0 Å². The van der Waals surface area contributed by atoms with Crippen molar-refractivity contribution in [2.75, 3.05) is 39.3 Å². The summed E-state index contributed by atoms with van der Waals surface area (Å²) in [5.74, 6) is 2.51. The minimum atomic E-state index is 0.176. The minimum absolute atomic E-state index is 0.176. The number of ketones is 1. The van der Waals surface area contributed by atoms with E-state index in [2.05, 4.69) is 65.9 Å². The highest BCUT2D eigenvalue weighted by molar-refractivity contribution is 9.10. The van der Waals surface area contributed by atoms with Gasteiger partial charge in [0.1, 0.15) is 6.29 Å². The van der Waals surface area contributed by atoms with Crippen LogP contribution in [0.1, 0.15) is 92.4 Å². The van der Waals surface area contributed by atoms with E-state index in [0.29, 0.717) is 5.78 Å². The van der Waals surface area contributed by atoms with Crippen LogP contribution >= 0.6 is 31.9 Å². The van der Waals surface area contributed by atoms with Crippen LogP contribution in [0.5, 0.6) is 0 Å². The molecule has 256 valence electrons. The fraction of sp³-hybridized carbons (Fsp3) is 0.476. The lowest BCUT2D eigenvalue weighted by Gasteiger charge is -2.32. The van der Waals surface area contributed by atoms with Crippen molar-refractivity contribution in [1.29, 1.82) is 0 Å². The lowest BCUT2D eigenvalue weighted by atomic mass is 9.89. The number of hydrogen-bond donors (Lipinski definition) is 0. The van der Waals surface area contributed by atoms with E-state index in [4.69, 9.17) is 0 Å². The average molecular weight is 777 g/mol. The third kappa shape index (κ3) is 11.3. The number of carbonyl (C=O) groups is 2. The van der Waals surface area contributed by atoms with Crippen molar-refractivity contribution >= 4 is 65.5 Å². The molecule has 2 aliphatic heterocycles. The number of Topliss-reactive ketones (excluding diaryl/α,β-unsaturated/α-hetero) is 1. The van der Waals surface area contributed by atoms with E-state index in [-0.39, 0.29) is 5.92 Å². The molecule has 2 aliphatic carbocycles. The number of piperidine rings is 2. The molecule has 4 aliphatic rings. The van der Waals surface area contributed by atoms with Gasteiger partial charge in [-0.2, -0.15) is 0 Å². The first-order valence-electron chi connectivity index (χ1n) is 18.3. The van der Waals surface area contributed by atoms with E-state index in [9.17, 15) is 9.59 Å². The molecule has 0 N–H and O–H groups in total. The molecule has 1 atom stereocenters. The molecule has 0 spiro atoms. The van der Waals surface area contributed by atoms with E-state index in [0.717, 1.165) is 73.7 Å². The summed E-state index contributed by atoms with van der Waals surface area (Å²) in [6.45, 7) is 11.5. The van der Waals surface area contributed by atoms with Gasteiger partial charge in [0.2, 0.25) is 0 Å². The zero-order chi connectivity index (χ0) is 33.9. The Morgan fingerprint density at radius 2 is 1.17 bits per heavy atom. The molecular weight excluding hydrogens is 724 g/mol. The van der Waals surface area contributed by atoms with Crippen LogP contribution in [-0.4, -0.2) is 61.1 Å². The Balaban J connectivity index is 0.000000152. The summed E-state index contributed by atoms with van der Waals surface area (Å²) < 4.78 is 2.13. The summed E-state index contributed by atoms with van der Waals surface area (Å²) in [6.07, 6.45) is 13.2. The molecule has 4 aromatic carbocycles. The molecule has 0 radical (unpaired) electrons. The lowest BCUT2D eigenvalue weighted by molar-refractivity contribution is 0.0814. The molecule has 2 saturated carbocycles. The molecule has 6 heteroatoms. The molecular formula is C42H52Br2N2O2. The number of fused-ring (bicyclic) bond motifs is 2. The van der Waals surface area contributed by atoms with Gasteiger partial charge in [0, 0.05) is 45.6 Å². The molecule has 1 unspecified atom stereocenters. The highest BCUT2D eigenvalue weighted by atomic mass is 79.9. The zero-order valence-corrected chi connectivity index (χ0v) is 32.0. The summed E-state index contributed by atoms with van der Waals surface area (Å²) in [6, 6.07) is 24.0. The maximum absolute atomic E-state index is 12.9. The molecule has 4 fully saturated rings. The van der Waals surface area contributed by atoms with Gasteiger partial charge in [0.25, 0.3) is 0 Å². The van der Waals surface area contributed by atoms with Gasteiger partial charge in [0.15, 0.2) is 5.78 Å². The highest BCUT2D eigenvalue weighted by Crippen LogP contribution is 2.32. The quantitative estimate of drug-likeness (QED) is 0.138. The van der Waals surface area contributed by atoms with Gasteiger partial charge in [-0.25, -0.2) is 0 Å². The van der Waals surface area contributed by atoms with Crippen molar-refractivity contribution in [3.63, 3.8) is 0 Å². The van der Waals surface area contributed by atoms with Crippen molar-refractivity contribution in [3.8, 4) is 0 Å². The fourth-order valence-electron chi connectivity index (χ4n) is 6.82. The van der Waals surface area contributed by atoms with E-state index < -0.39 is 0 Å². The first-order valence-corrected chi connectivity index (χ1v) is 19.8. The van der Waals surface area contributed by atoms with Crippen LogP contribution in [0.25, 0.3) is 21.5 Å². The van der Waals surface area contributed by atoms with Crippen LogP contribution in [0.4, 0.5) is 0 Å². The maximum atomic E-state index is 12.9. The molecule has 48 heavy (non-hydrogen) atoms. The zero-order valence-electron chi connectivity index (χ0n) is 28.8. The molecule has 4 aromatic rings. The third-order valence-electron chi connectivity index (χ3n) is 9.80. The average Bonchev–Trinajstić information content (AvgIpc) is 4.08. The smallest absolute Gasteiger partial charge is 0.167 e. The third-order valence-corrected chi connectivity index (χ3v) is 10.8. The Morgan fingerprint density at radius 1 is 0.646 bits per heavy atom. The van der Waals surface area contributed by atoms with Crippen molar-refractivity contribution in [2.45, 2.75) is 71.6 Å². The van der Waals surface area contributed by atoms with Crippen molar-refractivity contribution in [3.05, 3.63) is 92.9 Å². The fourth-order valence-corrected chi connectivity index (χ4v) is 7.58. The molecule has 0 aromatic heterocycles. The van der Waals surface area contributed by atoms with Gasteiger partial charge < -0.3 is 9.80 Å². The van der Waals surface area contributed by atoms with Gasteiger partial charge in [-0.15, -0.1) is 0 Å². The number of nitrogens with zero attached hydrogens (tertiary/aromatic N) is 2. The summed E-state index contributed by atoms with van der Waals surface area (Å²) >= 11 is 6.90. The number of hydrogen-bond acceptors (Lipinski definition) is 4. The van der Waals surface area contributed by atoms with Gasteiger partial charge in [0.05, 0.1) is 0 Å². The van der Waals surface area contributed by atoms with E-state index >= 15 is 0 Å². The van der Waals surface area contributed by atoms with Crippen LogP contribution in [-0.2, 0) is 0 Å². The topological polar surface area (TPSA) is 40.6 Å². The first kappa shape index (κ1) is 36.9. The molecule has 0 amide bonds. The number of carbonyl (C=O) groups excluding carboxylic acids is 2. The Bertz CT molecular complexity index is 1640. The Kier molecular flexibility index (Phi) is 14.3. The largest absolute Gasteiger partial charge is 0.303 e. The Morgan fingerprint density at radius 3 is 1.77 bits per heavy atom.